The minimum atomic E-state index is -4.76. The summed E-state index contributed by atoms with van der Waals surface area (Å²) in [6.45, 7) is 2.38. The minimum absolute atomic E-state index is 0.0762. The van der Waals surface area contributed by atoms with Crippen molar-refractivity contribution in [2.75, 3.05) is 20.3 Å². The smallest absolute Gasteiger partial charge is 0.363 e. The van der Waals surface area contributed by atoms with E-state index < -0.39 is 15.4 Å². The molecule has 0 radical (unpaired) electrons. The lowest BCUT2D eigenvalue weighted by Crippen LogP contribution is -2.29. The summed E-state index contributed by atoms with van der Waals surface area (Å²) in [5.41, 5.74) is 2.47. The summed E-state index contributed by atoms with van der Waals surface area (Å²) in [6.07, 6.45) is 1.67. The van der Waals surface area contributed by atoms with Crippen molar-refractivity contribution in [3.63, 3.8) is 0 Å². The number of carbonyl (C=O) groups is 1. The Morgan fingerprint density at radius 3 is 2.00 bits per heavy atom. The molecule has 0 heterocycles. The van der Waals surface area contributed by atoms with Gasteiger partial charge in [0, 0.05) is 6.54 Å². The van der Waals surface area contributed by atoms with Gasteiger partial charge in [-0.3, -0.25) is 9.35 Å². The fourth-order valence-corrected chi connectivity index (χ4v) is 2.66. The molecule has 8 heteroatoms. The van der Waals surface area contributed by atoms with E-state index in [4.69, 9.17) is 14.0 Å². The molecular weight excluding hydrogens is 370 g/mol. The Balaban J connectivity index is 2.32. The fourth-order valence-electron chi connectivity index (χ4n) is 2.40. The summed E-state index contributed by atoms with van der Waals surface area (Å²) in [5.74, 6) is 1.43. The molecule has 0 bridgehead atoms. The molecule has 0 saturated carbocycles. The summed E-state index contributed by atoms with van der Waals surface area (Å²) in [6, 6.07) is 14.7. The van der Waals surface area contributed by atoms with Gasteiger partial charge in [-0.25, -0.2) is 0 Å². The Labute approximate surface area is 158 Å². The molecule has 0 aliphatic rings. The first-order chi connectivity index (χ1) is 12.8. The second-order valence-electron chi connectivity index (χ2n) is 5.45. The Hall–Kier alpha value is -2.84. The van der Waals surface area contributed by atoms with Gasteiger partial charge < -0.3 is 14.8 Å². The number of carbonyl (C=O) groups excluding carboxylic acids is 1. The number of hydrogen-bond acceptors (Lipinski definition) is 5. The molecule has 0 saturated heterocycles. The van der Waals surface area contributed by atoms with Crippen LogP contribution in [0.2, 0.25) is 0 Å². The summed E-state index contributed by atoms with van der Waals surface area (Å²) in [4.78, 5) is 11.3. The Kier molecular flexibility index (Phi) is 6.98. The standard InChI is InChI=1S/C19H21NO6S/c1-3-26-17-10-6-15(7-11-17)18(12-13-20-19(21)27(22,23)24)14-4-8-16(25-2)9-5-14/h4-12H,3,13H2,1-2H3,(H,20,21)(H,22,23,24). The highest BCUT2D eigenvalue weighted by molar-refractivity contribution is 8.01. The molecule has 1 amide bonds. The first kappa shape index (κ1) is 20.5. The highest BCUT2D eigenvalue weighted by atomic mass is 32.2. The number of rotatable bonds is 7. The zero-order valence-corrected chi connectivity index (χ0v) is 15.8. The first-order valence-corrected chi connectivity index (χ1v) is 9.62. The van der Waals surface area contributed by atoms with Gasteiger partial charge >= 0.3 is 15.4 Å². The van der Waals surface area contributed by atoms with Crippen LogP contribution in [0.1, 0.15) is 18.1 Å². The van der Waals surface area contributed by atoms with Crippen LogP contribution in [0.5, 0.6) is 11.5 Å². The van der Waals surface area contributed by atoms with Crippen LogP contribution in [-0.2, 0) is 10.1 Å². The van der Waals surface area contributed by atoms with Gasteiger partial charge in [0.2, 0.25) is 0 Å². The van der Waals surface area contributed by atoms with E-state index in [1.165, 1.54) is 0 Å². The minimum Gasteiger partial charge on any atom is -0.497 e. The van der Waals surface area contributed by atoms with Crippen molar-refractivity contribution in [1.82, 2.24) is 5.32 Å². The Morgan fingerprint density at radius 2 is 1.56 bits per heavy atom. The van der Waals surface area contributed by atoms with Crippen LogP contribution in [-0.4, -0.2) is 38.5 Å². The van der Waals surface area contributed by atoms with Crippen molar-refractivity contribution >= 4 is 20.9 Å². The third-order valence-electron chi connectivity index (χ3n) is 3.66. The van der Waals surface area contributed by atoms with Gasteiger partial charge in [-0.2, -0.15) is 8.42 Å². The maximum absolute atomic E-state index is 11.3. The summed E-state index contributed by atoms with van der Waals surface area (Å²) >= 11 is 0. The molecule has 0 aromatic heterocycles. The molecule has 27 heavy (non-hydrogen) atoms. The van der Waals surface area contributed by atoms with E-state index in [1.54, 1.807) is 25.3 Å². The van der Waals surface area contributed by atoms with Crippen LogP contribution in [0.25, 0.3) is 5.57 Å². The highest BCUT2D eigenvalue weighted by Gasteiger charge is 2.16. The van der Waals surface area contributed by atoms with E-state index in [0.717, 1.165) is 22.4 Å². The van der Waals surface area contributed by atoms with E-state index in [9.17, 15) is 13.2 Å². The van der Waals surface area contributed by atoms with Crippen molar-refractivity contribution in [3.8, 4) is 11.5 Å². The van der Waals surface area contributed by atoms with E-state index in [1.807, 2.05) is 43.3 Å². The van der Waals surface area contributed by atoms with E-state index in [2.05, 4.69) is 5.32 Å². The lowest BCUT2D eigenvalue weighted by molar-refractivity contribution is 0.256. The van der Waals surface area contributed by atoms with Gasteiger partial charge in [0.05, 0.1) is 13.7 Å². The van der Waals surface area contributed by atoms with Crippen LogP contribution < -0.4 is 14.8 Å². The van der Waals surface area contributed by atoms with Crippen molar-refractivity contribution < 1.29 is 27.2 Å². The normalized spacial score (nSPS) is 11.7. The van der Waals surface area contributed by atoms with Gasteiger partial charge in [-0.1, -0.05) is 30.3 Å². The van der Waals surface area contributed by atoms with Gasteiger partial charge in [-0.15, -0.1) is 0 Å². The predicted octanol–water partition coefficient (Wildman–Crippen LogP) is 3.12. The Bertz CT molecular complexity index is 902. The predicted molar refractivity (Wildman–Crippen MR) is 103 cm³/mol. The van der Waals surface area contributed by atoms with Gasteiger partial charge in [0.25, 0.3) is 0 Å². The van der Waals surface area contributed by atoms with E-state index in [0.29, 0.717) is 12.4 Å². The molecule has 0 aliphatic carbocycles. The molecule has 0 aliphatic heterocycles. The average molecular weight is 391 g/mol. The van der Waals surface area contributed by atoms with Crippen LogP contribution >= 0.6 is 0 Å². The van der Waals surface area contributed by atoms with E-state index in [-0.39, 0.29) is 6.54 Å². The zero-order valence-electron chi connectivity index (χ0n) is 15.0. The molecule has 2 rings (SSSR count). The second-order valence-corrected chi connectivity index (χ2v) is 6.77. The third-order valence-corrected chi connectivity index (χ3v) is 4.28. The fraction of sp³-hybridized carbons (Fsp3) is 0.211. The molecule has 0 atom stereocenters. The zero-order chi connectivity index (χ0) is 19.9. The van der Waals surface area contributed by atoms with Crippen LogP contribution in [0.4, 0.5) is 4.79 Å². The number of nitrogens with one attached hydrogen (secondary N) is 1. The molecule has 2 aromatic rings. The molecule has 0 spiro atoms. The maximum atomic E-state index is 11.3. The summed E-state index contributed by atoms with van der Waals surface area (Å²) < 4.78 is 41.0. The number of amides is 1. The second kappa shape index (κ2) is 9.20. The van der Waals surface area contributed by atoms with Crippen molar-refractivity contribution in [3.05, 3.63) is 65.7 Å². The Morgan fingerprint density at radius 1 is 1.04 bits per heavy atom. The van der Waals surface area contributed by atoms with Gasteiger partial charge in [0.1, 0.15) is 11.5 Å². The average Bonchev–Trinajstić information content (AvgIpc) is 2.65. The SMILES string of the molecule is CCOc1ccc(C(=CCNC(=O)S(=O)(=O)O)c2ccc(OC)cc2)cc1. The lowest BCUT2D eigenvalue weighted by atomic mass is 9.97. The lowest BCUT2D eigenvalue weighted by Gasteiger charge is -2.11. The molecule has 2 aromatic carbocycles. The van der Waals surface area contributed by atoms with Crippen LogP contribution in [0.15, 0.2) is 54.6 Å². The number of ether oxygens (including phenoxy) is 2. The quantitative estimate of drug-likeness (QED) is 0.703. The van der Waals surface area contributed by atoms with Crippen molar-refractivity contribution in [2.24, 2.45) is 0 Å². The number of hydrogen-bond donors (Lipinski definition) is 2. The van der Waals surface area contributed by atoms with Crippen LogP contribution in [0.3, 0.4) is 0 Å². The topological polar surface area (TPSA) is 102 Å². The molecular formula is C19H21NO6S. The summed E-state index contributed by atoms with van der Waals surface area (Å²) in [5, 5.41) is 0.699. The number of methoxy groups -OCH3 is 1. The first-order valence-electron chi connectivity index (χ1n) is 8.18. The summed E-state index contributed by atoms with van der Waals surface area (Å²) in [7, 11) is -3.19. The molecule has 0 unspecified atom stereocenters. The molecule has 0 fully saturated rings. The van der Waals surface area contributed by atoms with E-state index >= 15 is 0 Å². The van der Waals surface area contributed by atoms with Crippen molar-refractivity contribution in [2.45, 2.75) is 6.92 Å². The number of benzene rings is 2. The van der Waals surface area contributed by atoms with Crippen molar-refractivity contribution in [1.29, 1.82) is 0 Å². The van der Waals surface area contributed by atoms with Crippen LogP contribution in [0, 0.1) is 0 Å². The molecule has 7 nitrogen and oxygen atoms in total. The maximum Gasteiger partial charge on any atom is 0.363 e. The molecule has 144 valence electrons. The van der Waals surface area contributed by atoms with Gasteiger partial charge in [0.15, 0.2) is 0 Å². The monoisotopic (exact) mass is 391 g/mol. The highest BCUT2D eigenvalue weighted by Crippen LogP contribution is 2.26. The molecule has 2 N–H and O–H groups in total. The van der Waals surface area contributed by atoms with Gasteiger partial charge in [-0.05, 0) is 47.9 Å². The largest absolute Gasteiger partial charge is 0.497 e. The third kappa shape index (κ3) is 5.83.